The highest BCUT2D eigenvalue weighted by atomic mass is 32.2. The minimum atomic E-state index is -4.64. The van der Waals surface area contributed by atoms with E-state index in [1.165, 1.54) is 23.9 Å². The zero-order valence-corrected chi connectivity index (χ0v) is 15.7. The number of phosphoric acid groups is 1. The van der Waals surface area contributed by atoms with Crippen molar-refractivity contribution in [2.75, 3.05) is 7.05 Å². The third-order valence-corrected chi connectivity index (χ3v) is 4.82. The fourth-order valence-corrected chi connectivity index (χ4v) is 3.85. The van der Waals surface area contributed by atoms with Crippen LogP contribution in [0.15, 0.2) is 46.2 Å². The summed E-state index contributed by atoms with van der Waals surface area (Å²) in [7, 11) is -2.77. The first-order chi connectivity index (χ1) is 12.2. The number of aryl methyl sites for hydroxylation is 1. The Morgan fingerprint density at radius 2 is 1.85 bits per heavy atom. The summed E-state index contributed by atoms with van der Waals surface area (Å²) in [6, 6.07) is 10.1. The summed E-state index contributed by atoms with van der Waals surface area (Å²) in [5.74, 6) is -0.431. The smallest absolute Gasteiger partial charge is 0.313 e. The molecule has 2 aromatic carbocycles. The molecule has 0 heterocycles. The number of nitrogens with one attached hydrogen (secondary N) is 1. The van der Waals surface area contributed by atoms with Crippen LogP contribution in [0.25, 0.3) is 0 Å². The van der Waals surface area contributed by atoms with E-state index < -0.39 is 7.82 Å². The number of fused-ring (bicyclic) bond motifs is 1. The molecule has 0 amide bonds. The van der Waals surface area contributed by atoms with Gasteiger partial charge in [-0.15, -0.1) is 0 Å². The summed E-state index contributed by atoms with van der Waals surface area (Å²) in [4.78, 5) is 23.2. The molecule has 0 spiro atoms. The van der Waals surface area contributed by atoms with E-state index in [0.29, 0.717) is 0 Å². The lowest BCUT2D eigenvalue weighted by molar-refractivity contribution is 0.275. The summed E-state index contributed by atoms with van der Waals surface area (Å²) in [5.41, 5.74) is 1.87. The number of halogens is 2. The van der Waals surface area contributed by atoms with Gasteiger partial charge < -0.3 is 20.0 Å². The largest absolute Gasteiger partial charge is 0.466 e. The summed E-state index contributed by atoms with van der Waals surface area (Å²) < 4.78 is 36.5. The number of rotatable bonds is 3. The van der Waals surface area contributed by atoms with E-state index in [-0.39, 0.29) is 17.7 Å². The fraction of sp³-hybridized carbons (Fsp3) is 0.294. The highest BCUT2D eigenvalue weighted by Crippen LogP contribution is 2.36. The quantitative estimate of drug-likeness (QED) is 0.583. The molecule has 1 atom stereocenters. The van der Waals surface area contributed by atoms with E-state index in [9.17, 15) is 8.78 Å². The van der Waals surface area contributed by atoms with E-state index in [0.717, 1.165) is 40.2 Å². The Hall–Kier alpha value is -1.28. The minimum absolute atomic E-state index is 0.0990. The molecule has 5 nitrogen and oxygen atoms in total. The van der Waals surface area contributed by atoms with Crippen molar-refractivity contribution in [1.29, 1.82) is 0 Å². The van der Waals surface area contributed by atoms with Gasteiger partial charge in [-0.1, -0.05) is 17.8 Å². The third kappa shape index (κ3) is 6.46. The molecular formula is C17H20F2NO4PS. The Kier molecular flexibility index (Phi) is 7.34. The van der Waals surface area contributed by atoms with Crippen LogP contribution in [-0.2, 0) is 11.0 Å². The van der Waals surface area contributed by atoms with Gasteiger partial charge in [0.15, 0.2) is 0 Å². The highest BCUT2D eigenvalue weighted by Gasteiger charge is 2.23. The fourth-order valence-electron chi connectivity index (χ4n) is 2.90. The lowest BCUT2D eigenvalue weighted by Crippen LogP contribution is -2.23. The Balaban J connectivity index is 0.000000431. The standard InChI is InChI=1S/C17H17F2NS.H3O4P/c1-20-16-7-2-4-11-8-14(10-15(19)17(11)16)21-13-6-3-5-12(18)9-13;1-5(2,3)4/h3,5-6,8-10,16,20H,2,4,7H2,1H3;(H3,1,2,3,4)/t16-;/m1./s1. The molecule has 0 bridgehead atoms. The SMILES string of the molecule is CN[C@@H]1CCCc2cc(Sc3cccc(F)c3)cc(F)c21.O=P(O)(O)O. The van der Waals surface area contributed by atoms with Crippen molar-refractivity contribution in [2.45, 2.75) is 35.1 Å². The highest BCUT2D eigenvalue weighted by molar-refractivity contribution is 7.99. The van der Waals surface area contributed by atoms with E-state index in [1.54, 1.807) is 12.1 Å². The van der Waals surface area contributed by atoms with Crippen LogP contribution in [0.1, 0.15) is 30.0 Å². The summed E-state index contributed by atoms with van der Waals surface area (Å²) in [6.07, 6.45) is 2.94. The summed E-state index contributed by atoms with van der Waals surface area (Å²) in [5, 5.41) is 3.18. The number of benzene rings is 2. The first-order valence-corrected chi connectivity index (χ1v) is 10.3. The molecular weight excluding hydrogens is 383 g/mol. The average Bonchev–Trinajstić information content (AvgIpc) is 2.52. The Morgan fingerprint density at radius 1 is 1.15 bits per heavy atom. The van der Waals surface area contributed by atoms with Crippen LogP contribution in [-0.4, -0.2) is 21.7 Å². The van der Waals surface area contributed by atoms with Crippen molar-refractivity contribution in [2.24, 2.45) is 0 Å². The van der Waals surface area contributed by atoms with Gasteiger partial charge >= 0.3 is 7.82 Å². The van der Waals surface area contributed by atoms with Crippen molar-refractivity contribution in [3.05, 3.63) is 59.2 Å². The van der Waals surface area contributed by atoms with Crippen molar-refractivity contribution in [3.8, 4) is 0 Å². The van der Waals surface area contributed by atoms with Gasteiger partial charge in [-0.2, -0.15) is 0 Å². The second-order valence-corrected chi connectivity index (χ2v) is 7.96. The van der Waals surface area contributed by atoms with Gasteiger partial charge in [-0.05, 0) is 62.2 Å². The van der Waals surface area contributed by atoms with E-state index in [4.69, 9.17) is 19.2 Å². The van der Waals surface area contributed by atoms with Crippen molar-refractivity contribution < 1.29 is 28.0 Å². The molecule has 0 fully saturated rings. The average molecular weight is 403 g/mol. The molecule has 1 aliphatic rings. The molecule has 0 saturated heterocycles. The van der Waals surface area contributed by atoms with Crippen LogP contribution in [0.4, 0.5) is 8.78 Å². The molecule has 0 aliphatic heterocycles. The predicted molar refractivity (Wildman–Crippen MR) is 95.9 cm³/mol. The molecule has 26 heavy (non-hydrogen) atoms. The van der Waals surface area contributed by atoms with Gasteiger partial charge in [0.05, 0.1) is 0 Å². The maximum Gasteiger partial charge on any atom is 0.466 e. The normalized spacial score (nSPS) is 16.5. The van der Waals surface area contributed by atoms with Crippen molar-refractivity contribution in [1.82, 2.24) is 5.32 Å². The second kappa shape index (κ2) is 9.08. The molecule has 0 radical (unpaired) electrons. The van der Waals surface area contributed by atoms with Gasteiger partial charge in [-0.3, -0.25) is 0 Å². The zero-order valence-electron chi connectivity index (χ0n) is 14.0. The first-order valence-electron chi connectivity index (χ1n) is 7.88. The third-order valence-electron chi connectivity index (χ3n) is 3.86. The van der Waals surface area contributed by atoms with Crippen LogP contribution in [0, 0.1) is 11.6 Å². The molecule has 142 valence electrons. The first kappa shape index (κ1) is 21.0. The van der Waals surface area contributed by atoms with Gasteiger partial charge in [-0.25, -0.2) is 13.3 Å². The van der Waals surface area contributed by atoms with Gasteiger partial charge in [0, 0.05) is 21.4 Å². The van der Waals surface area contributed by atoms with Gasteiger partial charge in [0.1, 0.15) is 11.6 Å². The van der Waals surface area contributed by atoms with Crippen LogP contribution in [0.5, 0.6) is 0 Å². The van der Waals surface area contributed by atoms with Crippen LogP contribution in [0.3, 0.4) is 0 Å². The molecule has 1 aliphatic carbocycles. The molecule has 0 aromatic heterocycles. The lowest BCUT2D eigenvalue weighted by Gasteiger charge is -2.26. The molecule has 9 heteroatoms. The maximum absolute atomic E-state index is 14.4. The van der Waals surface area contributed by atoms with Crippen LogP contribution in [0.2, 0.25) is 0 Å². The topological polar surface area (TPSA) is 89.8 Å². The molecule has 0 unspecified atom stereocenters. The molecule has 2 aromatic rings. The van der Waals surface area contributed by atoms with E-state index in [2.05, 4.69) is 5.32 Å². The van der Waals surface area contributed by atoms with Crippen LogP contribution < -0.4 is 5.32 Å². The Morgan fingerprint density at radius 3 is 2.46 bits per heavy atom. The van der Waals surface area contributed by atoms with Crippen LogP contribution >= 0.6 is 19.6 Å². The predicted octanol–water partition coefficient (Wildman–Crippen LogP) is 3.78. The van der Waals surface area contributed by atoms with Gasteiger partial charge in [0.2, 0.25) is 0 Å². The summed E-state index contributed by atoms with van der Waals surface area (Å²) >= 11 is 1.40. The Bertz CT molecular complexity index is 807. The molecule has 0 saturated carbocycles. The monoisotopic (exact) mass is 403 g/mol. The maximum atomic E-state index is 14.4. The number of hydrogen-bond donors (Lipinski definition) is 4. The van der Waals surface area contributed by atoms with Crippen molar-refractivity contribution >= 4 is 19.6 Å². The minimum Gasteiger partial charge on any atom is -0.313 e. The second-order valence-electron chi connectivity index (χ2n) is 5.78. The number of hydrogen-bond acceptors (Lipinski definition) is 3. The van der Waals surface area contributed by atoms with E-state index >= 15 is 0 Å². The van der Waals surface area contributed by atoms with E-state index in [1.807, 2.05) is 19.2 Å². The molecule has 3 rings (SSSR count). The van der Waals surface area contributed by atoms with Gasteiger partial charge in [0.25, 0.3) is 0 Å². The Labute approximate surface area is 154 Å². The lowest BCUT2D eigenvalue weighted by atomic mass is 9.87. The molecule has 4 N–H and O–H groups in total. The zero-order chi connectivity index (χ0) is 19.3. The van der Waals surface area contributed by atoms with Crippen molar-refractivity contribution in [3.63, 3.8) is 0 Å². The summed E-state index contributed by atoms with van der Waals surface area (Å²) in [6.45, 7) is 0.